The number of nitrogens with zero attached hydrogens (tertiary/aromatic N) is 2. The van der Waals surface area contributed by atoms with Gasteiger partial charge in [0.05, 0.1) is 7.11 Å². The fourth-order valence-corrected chi connectivity index (χ4v) is 3.94. The number of hydrogen-bond donors (Lipinski definition) is 1. The second-order valence-corrected chi connectivity index (χ2v) is 7.17. The van der Waals surface area contributed by atoms with E-state index >= 15 is 0 Å². The van der Waals surface area contributed by atoms with Crippen molar-refractivity contribution >= 4 is 17.7 Å². The first-order chi connectivity index (χ1) is 9.95. The van der Waals surface area contributed by atoms with Crippen LogP contribution >= 0.6 is 11.8 Å². The summed E-state index contributed by atoms with van der Waals surface area (Å²) in [5.41, 5.74) is 0.488. The Morgan fingerprint density at radius 1 is 1.48 bits per heavy atom. The van der Waals surface area contributed by atoms with Gasteiger partial charge in [-0.3, -0.25) is 10.1 Å². The van der Waals surface area contributed by atoms with E-state index in [0.717, 1.165) is 30.0 Å². The smallest absolute Gasteiger partial charge is 0.326 e. The molecule has 6 heteroatoms. The summed E-state index contributed by atoms with van der Waals surface area (Å²) in [4.78, 5) is 20.9. The summed E-state index contributed by atoms with van der Waals surface area (Å²) in [5.74, 6) is -0.163. The first kappa shape index (κ1) is 16.2. The Labute approximate surface area is 130 Å². The van der Waals surface area contributed by atoms with Crippen LogP contribution in [0, 0.1) is 6.92 Å². The Morgan fingerprint density at radius 2 is 2.14 bits per heavy atom. The van der Waals surface area contributed by atoms with Crippen molar-refractivity contribution in [1.82, 2.24) is 15.3 Å². The molecule has 1 heterocycles. The van der Waals surface area contributed by atoms with Crippen molar-refractivity contribution < 1.29 is 9.53 Å². The van der Waals surface area contributed by atoms with E-state index in [1.165, 1.54) is 7.11 Å². The van der Waals surface area contributed by atoms with Crippen molar-refractivity contribution in [2.24, 2.45) is 0 Å². The predicted octanol–water partition coefficient (Wildman–Crippen LogP) is 2.34. The number of thioether (sulfide) groups is 1. The van der Waals surface area contributed by atoms with Crippen molar-refractivity contribution in [3.8, 4) is 0 Å². The van der Waals surface area contributed by atoms with Crippen LogP contribution in [0.4, 0.5) is 0 Å². The van der Waals surface area contributed by atoms with E-state index in [0.29, 0.717) is 5.25 Å². The maximum absolute atomic E-state index is 12.2. The molecule has 1 saturated carbocycles. The van der Waals surface area contributed by atoms with E-state index in [1.807, 2.05) is 33.2 Å². The van der Waals surface area contributed by atoms with Crippen LogP contribution in [0.5, 0.6) is 0 Å². The number of aryl methyl sites for hydroxylation is 1. The summed E-state index contributed by atoms with van der Waals surface area (Å²) in [7, 11) is 1.45. The molecule has 1 aromatic rings. The lowest BCUT2D eigenvalue weighted by Gasteiger charge is -2.30. The topological polar surface area (TPSA) is 64.1 Å². The molecule has 0 aliphatic heterocycles. The highest BCUT2D eigenvalue weighted by Crippen LogP contribution is 2.40. The number of hydrogen-bond acceptors (Lipinski definition) is 6. The quantitative estimate of drug-likeness (QED) is 0.665. The summed E-state index contributed by atoms with van der Waals surface area (Å²) in [6.07, 6.45) is 6.15. The van der Waals surface area contributed by atoms with E-state index in [4.69, 9.17) is 4.74 Å². The minimum absolute atomic E-state index is 0.163. The van der Waals surface area contributed by atoms with Crippen molar-refractivity contribution in [3.05, 3.63) is 18.0 Å². The third-order valence-electron chi connectivity index (χ3n) is 3.64. The first-order valence-corrected chi connectivity index (χ1v) is 8.14. The molecule has 0 radical (unpaired) electrons. The molecule has 2 unspecified atom stereocenters. The third kappa shape index (κ3) is 3.95. The summed E-state index contributed by atoms with van der Waals surface area (Å²) < 4.78 is 5.01. The van der Waals surface area contributed by atoms with E-state index in [-0.39, 0.29) is 12.0 Å². The van der Waals surface area contributed by atoms with Gasteiger partial charge >= 0.3 is 5.97 Å². The number of ether oxygens (including phenoxy) is 1. The van der Waals surface area contributed by atoms with E-state index in [2.05, 4.69) is 15.3 Å². The van der Waals surface area contributed by atoms with Gasteiger partial charge < -0.3 is 4.74 Å². The lowest BCUT2D eigenvalue weighted by molar-refractivity contribution is -0.148. The number of rotatable bonds is 5. The number of esters is 1. The summed E-state index contributed by atoms with van der Waals surface area (Å²) in [6, 6.07) is 0.239. The molecule has 0 bridgehead atoms. The number of methoxy groups -OCH3 is 1. The number of nitrogens with one attached hydrogen (secondary N) is 1. The largest absolute Gasteiger partial charge is 0.468 e. The van der Waals surface area contributed by atoms with Crippen LogP contribution in [0.2, 0.25) is 0 Å². The van der Waals surface area contributed by atoms with Gasteiger partial charge in [-0.1, -0.05) is 11.8 Å². The van der Waals surface area contributed by atoms with Crippen molar-refractivity contribution in [3.63, 3.8) is 0 Å². The molecule has 0 aromatic carbocycles. The van der Waals surface area contributed by atoms with Gasteiger partial charge in [0.1, 0.15) is 5.54 Å². The fraction of sp³-hybridized carbons (Fsp3) is 0.667. The first-order valence-electron chi connectivity index (χ1n) is 7.26. The molecule has 21 heavy (non-hydrogen) atoms. The standard InChI is InChI=1S/C15H23N3O2S/c1-10(2)18-15(13(19)20-4)6-5-12(7-15)21-14-16-8-11(3)9-17-14/h8-10,12,18H,5-7H2,1-4H3. The van der Waals surface area contributed by atoms with Crippen molar-refractivity contribution in [1.29, 1.82) is 0 Å². The molecule has 1 aliphatic rings. The summed E-state index contributed by atoms with van der Waals surface area (Å²) in [5, 5.41) is 4.51. The Morgan fingerprint density at radius 3 is 2.71 bits per heavy atom. The average Bonchev–Trinajstić information content (AvgIpc) is 2.84. The Kier molecular flexibility index (Phi) is 5.22. The van der Waals surface area contributed by atoms with Gasteiger partial charge in [0, 0.05) is 23.7 Å². The lowest BCUT2D eigenvalue weighted by Crippen LogP contribution is -2.53. The highest BCUT2D eigenvalue weighted by atomic mass is 32.2. The van der Waals surface area contributed by atoms with Crippen LogP contribution in [0.25, 0.3) is 0 Å². The monoisotopic (exact) mass is 309 g/mol. The van der Waals surface area contributed by atoms with E-state index < -0.39 is 5.54 Å². The highest BCUT2D eigenvalue weighted by Gasteiger charge is 2.46. The maximum Gasteiger partial charge on any atom is 0.326 e. The molecular weight excluding hydrogens is 286 g/mol. The van der Waals surface area contributed by atoms with Gasteiger partial charge in [0.25, 0.3) is 0 Å². The van der Waals surface area contributed by atoms with Crippen LogP contribution in [0.15, 0.2) is 17.6 Å². The predicted molar refractivity (Wildman–Crippen MR) is 83.3 cm³/mol. The zero-order chi connectivity index (χ0) is 15.5. The third-order valence-corrected chi connectivity index (χ3v) is 4.80. The van der Waals surface area contributed by atoms with E-state index in [9.17, 15) is 4.79 Å². The van der Waals surface area contributed by atoms with Crippen LogP contribution in [0.1, 0.15) is 38.7 Å². The molecular formula is C15H23N3O2S. The number of carbonyl (C=O) groups excluding carboxylic acids is 1. The van der Waals surface area contributed by atoms with Gasteiger partial charge in [0.2, 0.25) is 0 Å². The summed E-state index contributed by atoms with van der Waals surface area (Å²) in [6.45, 7) is 6.07. The van der Waals surface area contributed by atoms with Gasteiger partial charge in [-0.2, -0.15) is 0 Å². The molecule has 1 aliphatic carbocycles. The molecule has 116 valence electrons. The van der Waals surface area contributed by atoms with Gasteiger partial charge in [-0.25, -0.2) is 9.97 Å². The Hall–Kier alpha value is -1.14. The minimum atomic E-state index is -0.564. The van der Waals surface area contributed by atoms with Crippen LogP contribution in [0.3, 0.4) is 0 Å². The molecule has 2 rings (SSSR count). The Balaban J connectivity index is 2.05. The molecule has 5 nitrogen and oxygen atoms in total. The highest BCUT2D eigenvalue weighted by molar-refractivity contribution is 7.99. The molecule has 1 aromatic heterocycles. The van der Waals surface area contributed by atoms with Crippen LogP contribution < -0.4 is 5.32 Å². The second kappa shape index (κ2) is 6.75. The lowest BCUT2D eigenvalue weighted by atomic mass is 9.97. The number of aromatic nitrogens is 2. The Bertz CT molecular complexity index is 492. The number of carbonyl (C=O) groups is 1. The molecule has 1 N–H and O–H groups in total. The zero-order valence-electron chi connectivity index (χ0n) is 13.0. The normalized spacial score (nSPS) is 25.3. The second-order valence-electron chi connectivity index (χ2n) is 5.90. The van der Waals surface area contributed by atoms with Crippen molar-refractivity contribution in [2.45, 2.75) is 62.0 Å². The maximum atomic E-state index is 12.2. The molecule has 0 saturated heterocycles. The van der Waals surface area contributed by atoms with Gasteiger partial charge in [-0.05, 0) is 45.6 Å². The average molecular weight is 309 g/mol. The summed E-state index contributed by atoms with van der Waals surface area (Å²) >= 11 is 1.65. The van der Waals surface area contributed by atoms with Gasteiger partial charge in [0.15, 0.2) is 5.16 Å². The van der Waals surface area contributed by atoms with Gasteiger partial charge in [-0.15, -0.1) is 0 Å². The minimum Gasteiger partial charge on any atom is -0.468 e. The molecule has 0 spiro atoms. The SMILES string of the molecule is COC(=O)C1(NC(C)C)CCC(Sc2ncc(C)cn2)C1. The van der Waals surface area contributed by atoms with Crippen LogP contribution in [-0.4, -0.2) is 39.9 Å². The molecule has 2 atom stereocenters. The zero-order valence-corrected chi connectivity index (χ0v) is 13.9. The molecule has 1 fully saturated rings. The van der Waals surface area contributed by atoms with E-state index in [1.54, 1.807) is 11.8 Å². The van der Waals surface area contributed by atoms with Crippen LogP contribution in [-0.2, 0) is 9.53 Å². The van der Waals surface area contributed by atoms with Crippen molar-refractivity contribution in [2.75, 3.05) is 7.11 Å². The molecule has 0 amide bonds. The fourth-order valence-electron chi connectivity index (χ4n) is 2.81.